The Morgan fingerprint density at radius 3 is 1.73 bits per heavy atom. The van der Waals surface area contributed by atoms with Crippen molar-refractivity contribution in [3.05, 3.63) is 21.8 Å². The van der Waals surface area contributed by atoms with E-state index in [1.807, 2.05) is 45.2 Å². The molecule has 0 aliphatic carbocycles. The minimum absolute atomic E-state index is 0.0344. The van der Waals surface area contributed by atoms with Crippen molar-refractivity contribution in [2.24, 2.45) is 0 Å². The Balaban J connectivity index is 3.43. The molecular weight excluding hydrogens is 635 g/mol. The zero-order chi connectivity index (χ0) is 17.0. The van der Waals surface area contributed by atoms with Gasteiger partial charge in [0.1, 0.15) is 0 Å². The summed E-state index contributed by atoms with van der Waals surface area (Å²) >= 11 is 5.53. The molecule has 7 nitrogen and oxygen atoms in total. The maximum atomic E-state index is 11.4. The lowest BCUT2D eigenvalue weighted by Crippen LogP contribution is -2.25. The molecule has 0 atom stereocenters. The van der Waals surface area contributed by atoms with Crippen LogP contribution in [0.4, 0.5) is 5.69 Å². The average molecular weight is 647 g/mol. The lowest BCUT2D eigenvalue weighted by Gasteiger charge is -2.19. The minimum atomic E-state index is -1.18. The van der Waals surface area contributed by atoms with Crippen molar-refractivity contribution < 1.29 is 29.3 Å². The second kappa shape index (κ2) is 8.79. The first-order valence-electron chi connectivity index (χ1n) is 5.72. The van der Waals surface area contributed by atoms with Crippen LogP contribution in [0, 0.1) is 10.7 Å². The number of hydrogen-bond donors (Lipinski definition) is 3. The van der Waals surface area contributed by atoms with Crippen molar-refractivity contribution in [1.29, 1.82) is 0 Å². The van der Waals surface area contributed by atoms with Gasteiger partial charge in [-0.05, 0) is 67.8 Å². The van der Waals surface area contributed by atoms with Crippen LogP contribution in [0.1, 0.15) is 20.7 Å². The first kappa shape index (κ1) is 20.1. The van der Waals surface area contributed by atoms with Gasteiger partial charge in [-0.3, -0.25) is 0 Å². The Hall–Kier alpha value is 0.0700. The Morgan fingerprint density at radius 2 is 1.41 bits per heavy atom. The molecular formula is C12H12I3NO6. The van der Waals surface area contributed by atoms with E-state index < -0.39 is 18.2 Å². The second-order valence-corrected chi connectivity index (χ2v) is 7.20. The van der Waals surface area contributed by atoms with Gasteiger partial charge in [-0.25, -0.2) is 9.59 Å². The zero-order valence-electron chi connectivity index (χ0n) is 11.4. The fraction of sp³-hybridized carbons (Fsp3) is 0.333. The van der Waals surface area contributed by atoms with E-state index in [0.717, 1.165) is 0 Å². The summed E-state index contributed by atoms with van der Waals surface area (Å²) in [6.45, 7) is 0.248. The van der Waals surface area contributed by atoms with Gasteiger partial charge in [-0.2, -0.15) is 0 Å². The molecule has 1 aromatic carbocycles. The molecule has 0 spiro atoms. The molecule has 0 aliphatic rings. The van der Waals surface area contributed by atoms with Crippen molar-refractivity contribution in [3.8, 4) is 0 Å². The minimum Gasteiger partial charge on any atom is -0.478 e. The second-order valence-electron chi connectivity index (χ2n) is 3.96. The van der Waals surface area contributed by atoms with Crippen LogP contribution in [0.3, 0.4) is 0 Å². The number of rotatable bonds is 7. The largest absolute Gasteiger partial charge is 0.478 e. The number of carboxylic acids is 2. The predicted octanol–water partition coefficient (Wildman–Crippen LogP) is 2.93. The number of aromatic carboxylic acids is 2. The van der Waals surface area contributed by atoms with Gasteiger partial charge >= 0.3 is 11.9 Å². The fourth-order valence-corrected chi connectivity index (χ4v) is 6.11. The first-order chi connectivity index (χ1) is 10.3. The third-order valence-electron chi connectivity index (χ3n) is 2.72. The molecule has 0 bridgehead atoms. The smallest absolute Gasteiger partial charge is 0.337 e. The molecule has 0 fully saturated rings. The maximum Gasteiger partial charge on any atom is 0.337 e. The summed E-state index contributed by atoms with van der Waals surface area (Å²) in [7, 11) is 2.95. The van der Waals surface area contributed by atoms with Crippen LogP contribution in [0.5, 0.6) is 0 Å². The van der Waals surface area contributed by atoms with Crippen molar-refractivity contribution >= 4 is 85.4 Å². The summed E-state index contributed by atoms with van der Waals surface area (Å²) in [6.07, 6.45) is -0.535. The number of benzene rings is 1. The van der Waals surface area contributed by atoms with Gasteiger partial charge in [0.05, 0.1) is 30.5 Å². The number of anilines is 1. The summed E-state index contributed by atoms with van der Waals surface area (Å²) in [5.74, 6) is -2.35. The van der Waals surface area contributed by atoms with Gasteiger partial charge in [-0.15, -0.1) is 0 Å². The SMILES string of the molecule is COC(CNc1c(I)c(C(=O)O)c(I)c(C(=O)O)c1I)OC. The highest BCUT2D eigenvalue weighted by Crippen LogP contribution is 2.35. The number of ether oxygens (including phenoxy) is 2. The highest BCUT2D eigenvalue weighted by Gasteiger charge is 2.27. The molecule has 1 aromatic rings. The normalized spacial score (nSPS) is 10.8. The van der Waals surface area contributed by atoms with Gasteiger partial charge in [0, 0.05) is 17.8 Å². The molecule has 10 heteroatoms. The standard InChI is InChI=1S/C12H12I3NO6/c1-21-4(22-2)3-16-10-8(14)5(11(17)18)7(13)6(9(10)15)12(19)20/h4,16H,3H2,1-2H3,(H,17,18)(H,19,20). The van der Waals surface area contributed by atoms with Crippen LogP contribution in [-0.4, -0.2) is 49.2 Å². The first-order valence-corrected chi connectivity index (χ1v) is 8.96. The van der Waals surface area contributed by atoms with Gasteiger partial charge < -0.3 is 25.0 Å². The fourth-order valence-electron chi connectivity index (χ4n) is 1.64. The van der Waals surface area contributed by atoms with Gasteiger partial charge in [0.2, 0.25) is 0 Å². The molecule has 0 aromatic heterocycles. The van der Waals surface area contributed by atoms with E-state index in [1.54, 1.807) is 22.6 Å². The quantitative estimate of drug-likeness (QED) is 0.309. The number of methoxy groups -OCH3 is 2. The number of nitrogens with one attached hydrogen (secondary N) is 1. The van der Waals surface area contributed by atoms with E-state index in [0.29, 0.717) is 12.8 Å². The summed E-state index contributed by atoms with van der Waals surface area (Å²) < 4.78 is 11.2. The molecule has 0 heterocycles. The molecule has 0 unspecified atom stereocenters. The zero-order valence-corrected chi connectivity index (χ0v) is 17.9. The van der Waals surface area contributed by atoms with Crippen molar-refractivity contribution in [3.63, 3.8) is 0 Å². The van der Waals surface area contributed by atoms with Crippen LogP contribution in [-0.2, 0) is 9.47 Å². The molecule has 1 rings (SSSR count). The van der Waals surface area contributed by atoms with Crippen LogP contribution < -0.4 is 5.32 Å². The Labute approximate surface area is 167 Å². The predicted molar refractivity (Wildman–Crippen MR) is 105 cm³/mol. The highest BCUT2D eigenvalue weighted by atomic mass is 127. The van der Waals surface area contributed by atoms with E-state index in [-0.39, 0.29) is 21.2 Å². The Morgan fingerprint density at radius 1 is 1.00 bits per heavy atom. The van der Waals surface area contributed by atoms with Crippen LogP contribution in [0.15, 0.2) is 0 Å². The third kappa shape index (κ3) is 4.33. The van der Waals surface area contributed by atoms with Gasteiger partial charge in [0.15, 0.2) is 6.29 Å². The van der Waals surface area contributed by atoms with Crippen molar-refractivity contribution in [1.82, 2.24) is 0 Å². The summed E-state index contributed by atoms with van der Waals surface area (Å²) in [5, 5.41) is 21.7. The Kier molecular flexibility index (Phi) is 8.04. The molecule has 22 heavy (non-hydrogen) atoms. The van der Waals surface area contributed by atoms with E-state index in [9.17, 15) is 19.8 Å². The van der Waals surface area contributed by atoms with E-state index >= 15 is 0 Å². The molecule has 0 amide bonds. The van der Waals surface area contributed by atoms with Crippen molar-refractivity contribution in [2.45, 2.75) is 6.29 Å². The third-order valence-corrected chi connectivity index (χ3v) is 5.95. The summed E-state index contributed by atoms with van der Waals surface area (Å²) in [4.78, 5) is 22.9. The molecule has 3 N–H and O–H groups in total. The Bertz CT molecular complexity index is 562. The molecule has 0 aliphatic heterocycles. The molecule has 0 saturated heterocycles. The number of halogens is 3. The molecule has 0 saturated carbocycles. The maximum absolute atomic E-state index is 11.4. The highest BCUT2D eigenvalue weighted by molar-refractivity contribution is 14.1. The van der Waals surface area contributed by atoms with Gasteiger partial charge in [-0.1, -0.05) is 0 Å². The molecule has 0 radical (unpaired) electrons. The summed E-state index contributed by atoms with van der Waals surface area (Å²) in [6, 6.07) is 0. The van der Waals surface area contributed by atoms with E-state index in [1.165, 1.54) is 14.2 Å². The lowest BCUT2D eigenvalue weighted by atomic mass is 10.1. The topological polar surface area (TPSA) is 105 Å². The number of carbonyl (C=O) groups is 2. The summed E-state index contributed by atoms with van der Waals surface area (Å²) in [5.41, 5.74) is 0.372. The van der Waals surface area contributed by atoms with Crippen LogP contribution >= 0.6 is 67.8 Å². The number of hydrogen-bond acceptors (Lipinski definition) is 5. The van der Waals surface area contributed by atoms with E-state index in [2.05, 4.69) is 5.32 Å². The van der Waals surface area contributed by atoms with Crippen molar-refractivity contribution in [2.75, 3.05) is 26.1 Å². The monoisotopic (exact) mass is 647 g/mol. The van der Waals surface area contributed by atoms with E-state index in [4.69, 9.17) is 9.47 Å². The molecule has 122 valence electrons. The van der Waals surface area contributed by atoms with Gasteiger partial charge in [0.25, 0.3) is 0 Å². The number of carboxylic acid groups (broad SMARTS) is 2. The van der Waals surface area contributed by atoms with Crippen LogP contribution in [0.2, 0.25) is 0 Å². The average Bonchev–Trinajstić information content (AvgIpc) is 2.41. The lowest BCUT2D eigenvalue weighted by molar-refractivity contribution is -0.0914. The van der Waals surface area contributed by atoms with Crippen LogP contribution in [0.25, 0.3) is 0 Å².